The Morgan fingerprint density at radius 1 is 1.07 bits per heavy atom. The Balaban J connectivity index is 1.73. The molecule has 30 heavy (non-hydrogen) atoms. The minimum absolute atomic E-state index is 0.0793. The number of sulfonamides is 1. The van der Waals surface area contributed by atoms with Gasteiger partial charge in [-0.2, -0.15) is 0 Å². The van der Waals surface area contributed by atoms with Gasteiger partial charge in [-0.15, -0.1) is 0 Å². The second kappa shape index (κ2) is 8.81. The van der Waals surface area contributed by atoms with Crippen molar-refractivity contribution in [3.63, 3.8) is 0 Å². The number of hydrogen-bond acceptors (Lipinski definition) is 4. The summed E-state index contributed by atoms with van der Waals surface area (Å²) in [6.45, 7) is 4.96. The molecule has 0 spiro atoms. The average molecular weight is 428 g/mol. The third kappa shape index (κ3) is 4.95. The molecular weight excluding hydrogens is 402 g/mol. The quantitative estimate of drug-likeness (QED) is 0.740. The number of nitrogens with zero attached hydrogens (tertiary/aromatic N) is 1. The number of hydrogen-bond donors (Lipinski definition) is 2. The molecule has 0 aromatic heterocycles. The van der Waals surface area contributed by atoms with Crippen LogP contribution >= 0.6 is 0 Å². The monoisotopic (exact) mass is 427 g/mol. The molecule has 2 N–H and O–H groups in total. The largest absolute Gasteiger partial charge is 0.326 e. The highest BCUT2D eigenvalue weighted by molar-refractivity contribution is 7.89. The number of rotatable bonds is 6. The van der Waals surface area contributed by atoms with E-state index in [2.05, 4.69) is 10.0 Å². The normalized spacial score (nSPS) is 15.7. The minimum atomic E-state index is -3.59. The predicted octanol–water partition coefficient (Wildman–Crippen LogP) is 3.28. The maximum atomic E-state index is 12.7. The summed E-state index contributed by atoms with van der Waals surface area (Å²) >= 11 is 0. The number of fused-ring (bicyclic) bond motifs is 1. The van der Waals surface area contributed by atoms with Gasteiger partial charge >= 0.3 is 0 Å². The molecule has 3 rings (SSSR count). The summed E-state index contributed by atoms with van der Waals surface area (Å²) in [5.74, 6) is -0.418. The maximum absolute atomic E-state index is 12.7. The first-order valence-corrected chi connectivity index (χ1v) is 11.1. The summed E-state index contributed by atoms with van der Waals surface area (Å²) in [5, 5.41) is 2.78. The Morgan fingerprint density at radius 3 is 2.37 bits per heavy atom. The number of nitrogens with one attached hydrogen (secondary N) is 2. The Morgan fingerprint density at radius 2 is 1.73 bits per heavy atom. The maximum Gasteiger partial charge on any atom is 0.240 e. The minimum Gasteiger partial charge on any atom is -0.326 e. The van der Waals surface area contributed by atoms with E-state index in [-0.39, 0.29) is 29.2 Å². The number of carbonyl (C=O) groups excluding carboxylic acids is 2. The molecule has 1 aliphatic heterocycles. The van der Waals surface area contributed by atoms with Crippen LogP contribution in [-0.2, 0) is 19.6 Å². The molecule has 0 aliphatic carbocycles. The van der Waals surface area contributed by atoms with Gasteiger partial charge in [0.1, 0.15) is 0 Å². The van der Waals surface area contributed by atoms with Crippen molar-refractivity contribution in [3.05, 3.63) is 65.9 Å². The highest BCUT2D eigenvalue weighted by Crippen LogP contribution is 2.33. The topological polar surface area (TPSA) is 95.6 Å². The van der Waals surface area contributed by atoms with E-state index >= 15 is 0 Å². The van der Waals surface area contributed by atoms with E-state index in [1.165, 1.54) is 19.1 Å². The van der Waals surface area contributed by atoms with Crippen LogP contribution in [0.5, 0.6) is 0 Å². The summed E-state index contributed by atoms with van der Waals surface area (Å²) in [7, 11) is -3.59. The molecule has 2 amide bonds. The number of carbonyl (C=O) groups is 2. The molecule has 0 saturated carbocycles. The van der Waals surface area contributed by atoms with E-state index in [0.29, 0.717) is 5.69 Å². The van der Waals surface area contributed by atoms with Gasteiger partial charge in [0.2, 0.25) is 21.8 Å². The van der Waals surface area contributed by atoms with Crippen molar-refractivity contribution in [1.29, 1.82) is 0 Å². The molecule has 2 aromatic rings. The van der Waals surface area contributed by atoms with Crippen molar-refractivity contribution in [3.8, 4) is 0 Å². The zero-order chi connectivity index (χ0) is 21.9. The van der Waals surface area contributed by atoms with E-state index in [9.17, 15) is 18.0 Å². The Labute approximate surface area is 176 Å². The van der Waals surface area contributed by atoms with Crippen LogP contribution in [-0.4, -0.2) is 31.2 Å². The Hall–Kier alpha value is -2.97. The smallest absolute Gasteiger partial charge is 0.240 e. The summed E-state index contributed by atoms with van der Waals surface area (Å²) in [5.41, 5.74) is 2.36. The van der Waals surface area contributed by atoms with Crippen LogP contribution < -0.4 is 10.0 Å². The molecule has 1 aliphatic rings. The molecule has 1 atom stereocenters. The zero-order valence-corrected chi connectivity index (χ0v) is 17.9. The molecule has 1 heterocycles. The van der Waals surface area contributed by atoms with Crippen molar-refractivity contribution in [2.75, 3.05) is 5.32 Å². The summed E-state index contributed by atoms with van der Waals surface area (Å²) in [4.78, 5) is 26.4. The third-order valence-electron chi connectivity index (χ3n) is 4.69. The number of anilines is 1. The number of benzene rings is 2. The van der Waals surface area contributed by atoms with E-state index in [0.717, 1.165) is 11.1 Å². The SMILES string of the molecule is CC(=O)N1C=Cc2ccccc2[C@@H]1CC(=O)Nc1ccc(S(=O)(=O)NC(C)C)cc1. The fourth-order valence-corrected chi connectivity index (χ4v) is 4.65. The van der Waals surface area contributed by atoms with Gasteiger partial charge in [-0.3, -0.25) is 9.59 Å². The van der Waals surface area contributed by atoms with Gasteiger partial charge in [0.05, 0.1) is 17.4 Å². The van der Waals surface area contributed by atoms with Gasteiger partial charge < -0.3 is 10.2 Å². The molecule has 0 unspecified atom stereocenters. The van der Waals surface area contributed by atoms with Crippen molar-refractivity contribution in [2.45, 2.75) is 44.2 Å². The fourth-order valence-electron chi connectivity index (χ4n) is 3.40. The second-order valence-electron chi connectivity index (χ2n) is 7.44. The lowest BCUT2D eigenvalue weighted by Crippen LogP contribution is -2.33. The Kier molecular flexibility index (Phi) is 6.38. The lowest BCUT2D eigenvalue weighted by Gasteiger charge is -2.32. The first kappa shape index (κ1) is 21.7. The van der Waals surface area contributed by atoms with Gasteiger partial charge in [0.25, 0.3) is 0 Å². The lowest BCUT2D eigenvalue weighted by molar-refractivity contribution is -0.129. The predicted molar refractivity (Wildman–Crippen MR) is 116 cm³/mol. The van der Waals surface area contributed by atoms with Gasteiger partial charge in [0.15, 0.2) is 0 Å². The van der Waals surface area contributed by atoms with Crippen LogP contribution in [0.2, 0.25) is 0 Å². The highest BCUT2D eigenvalue weighted by atomic mass is 32.2. The van der Waals surface area contributed by atoms with Crippen molar-refractivity contribution in [2.24, 2.45) is 0 Å². The van der Waals surface area contributed by atoms with E-state index in [4.69, 9.17) is 0 Å². The first-order chi connectivity index (χ1) is 14.2. The first-order valence-electron chi connectivity index (χ1n) is 9.65. The molecule has 158 valence electrons. The summed E-state index contributed by atoms with van der Waals surface area (Å²) in [6, 6.07) is 13.0. The number of amides is 2. The molecule has 7 nitrogen and oxygen atoms in total. The third-order valence-corrected chi connectivity index (χ3v) is 6.36. The molecule has 8 heteroatoms. The van der Waals surface area contributed by atoms with E-state index in [1.54, 1.807) is 37.1 Å². The Bertz CT molecular complexity index is 1080. The van der Waals surface area contributed by atoms with Gasteiger partial charge in [-0.25, -0.2) is 13.1 Å². The zero-order valence-electron chi connectivity index (χ0n) is 17.1. The highest BCUT2D eigenvalue weighted by Gasteiger charge is 2.28. The molecule has 0 bridgehead atoms. The van der Waals surface area contributed by atoms with E-state index in [1.807, 2.05) is 30.3 Å². The lowest BCUT2D eigenvalue weighted by atomic mass is 9.93. The molecule has 0 fully saturated rings. The molecule has 0 radical (unpaired) electrons. The van der Waals surface area contributed by atoms with Crippen LogP contribution in [0, 0.1) is 0 Å². The van der Waals surface area contributed by atoms with Crippen LogP contribution in [0.4, 0.5) is 5.69 Å². The van der Waals surface area contributed by atoms with Crippen LogP contribution in [0.25, 0.3) is 6.08 Å². The average Bonchev–Trinajstić information content (AvgIpc) is 2.67. The van der Waals surface area contributed by atoms with Gasteiger partial charge in [-0.1, -0.05) is 24.3 Å². The van der Waals surface area contributed by atoms with E-state index < -0.39 is 16.1 Å². The van der Waals surface area contributed by atoms with Gasteiger partial charge in [0, 0.05) is 24.9 Å². The molecule has 2 aromatic carbocycles. The van der Waals surface area contributed by atoms with Crippen molar-refractivity contribution in [1.82, 2.24) is 9.62 Å². The van der Waals surface area contributed by atoms with Crippen molar-refractivity contribution < 1.29 is 18.0 Å². The summed E-state index contributed by atoms with van der Waals surface area (Å²) < 4.78 is 26.9. The van der Waals surface area contributed by atoms with Crippen molar-refractivity contribution >= 4 is 33.6 Å². The second-order valence-corrected chi connectivity index (χ2v) is 9.15. The molecular formula is C22H25N3O4S. The van der Waals surface area contributed by atoms with Crippen LogP contribution in [0.3, 0.4) is 0 Å². The van der Waals surface area contributed by atoms with Gasteiger partial charge in [-0.05, 0) is 55.3 Å². The summed E-state index contributed by atoms with van der Waals surface area (Å²) in [6.07, 6.45) is 3.63. The molecule has 0 saturated heterocycles. The fraction of sp³-hybridized carbons (Fsp3) is 0.273. The standard InChI is InChI=1S/C22H25N3O4S/c1-15(2)24-30(28,29)19-10-8-18(9-11-19)23-22(27)14-21-20-7-5-4-6-17(20)12-13-25(21)16(3)26/h4-13,15,21,24H,14H2,1-3H3,(H,23,27)/t21-/m0/s1. The van der Waals surface area contributed by atoms with Crippen LogP contribution in [0.1, 0.15) is 44.4 Å². The van der Waals surface area contributed by atoms with Crippen LogP contribution in [0.15, 0.2) is 59.6 Å².